The minimum absolute atomic E-state index is 0.0937. The maximum absolute atomic E-state index is 5.43. The second-order valence-corrected chi connectivity index (χ2v) is 3.70. The second-order valence-electron chi connectivity index (χ2n) is 2.96. The summed E-state index contributed by atoms with van der Waals surface area (Å²) >= 11 is 1.69. The Bertz CT molecular complexity index is 278. The van der Waals surface area contributed by atoms with Crippen LogP contribution in [0.15, 0.2) is 22.9 Å². The Kier molecular flexibility index (Phi) is 3.03. The molecule has 0 bridgehead atoms. The Morgan fingerprint density at radius 3 is 2.67 bits per heavy atom. The van der Waals surface area contributed by atoms with Crippen LogP contribution in [0.1, 0.15) is 24.1 Å². The predicted molar refractivity (Wildman–Crippen MR) is 53.9 cm³/mol. The Morgan fingerprint density at radius 1 is 1.67 bits per heavy atom. The van der Waals surface area contributed by atoms with Gasteiger partial charge in [0.1, 0.15) is 0 Å². The lowest BCUT2D eigenvalue weighted by Crippen LogP contribution is -2.28. The van der Waals surface area contributed by atoms with Crippen molar-refractivity contribution in [2.75, 3.05) is 0 Å². The van der Waals surface area contributed by atoms with E-state index >= 15 is 0 Å². The first-order chi connectivity index (χ1) is 5.66. The van der Waals surface area contributed by atoms with Gasteiger partial charge in [0.25, 0.3) is 0 Å². The zero-order valence-corrected chi connectivity index (χ0v) is 8.24. The van der Waals surface area contributed by atoms with Gasteiger partial charge in [-0.1, -0.05) is 12.2 Å². The molecule has 3 N–H and O–H groups in total. The summed E-state index contributed by atoms with van der Waals surface area (Å²) in [4.78, 5) is 0. The number of hydrogen-bond donors (Lipinski definition) is 2. The molecule has 1 unspecified atom stereocenters. The van der Waals surface area contributed by atoms with Crippen LogP contribution in [0.4, 0.5) is 0 Å². The molecule has 0 aliphatic rings. The zero-order valence-electron chi connectivity index (χ0n) is 7.42. The molecule has 0 saturated carbocycles. The maximum Gasteiger partial charge on any atom is 0.0675 e. The first-order valence-electron chi connectivity index (χ1n) is 3.81. The molecule has 0 amide bonds. The van der Waals surface area contributed by atoms with Crippen molar-refractivity contribution in [2.24, 2.45) is 5.84 Å². The maximum atomic E-state index is 5.43. The van der Waals surface area contributed by atoms with Crippen LogP contribution in [0.5, 0.6) is 0 Å². The van der Waals surface area contributed by atoms with Crippen LogP contribution in [0.2, 0.25) is 0 Å². The summed E-state index contributed by atoms with van der Waals surface area (Å²) in [5.74, 6) is 5.43. The van der Waals surface area contributed by atoms with Gasteiger partial charge in [-0.15, -0.1) is 0 Å². The second kappa shape index (κ2) is 3.85. The number of hydrogen-bond acceptors (Lipinski definition) is 3. The first kappa shape index (κ1) is 9.45. The summed E-state index contributed by atoms with van der Waals surface area (Å²) in [6.07, 6.45) is 0. The third-order valence-corrected chi connectivity index (χ3v) is 2.75. The first-order valence-corrected chi connectivity index (χ1v) is 4.75. The minimum Gasteiger partial charge on any atom is -0.271 e. The van der Waals surface area contributed by atoms with Crippen molar-refractivity contribution in [3.05, 3.63) is 34.0 Å². The van der Waals surface area contributed by atoms with Crippen molar-refractivity contribution in [1.82, 2.24) is 5.43 Å². The van der Waals surface area contributed by atoms with E-state index < -0.39 is 0 Å². The van der Waals surface area contributed by atoms with Gasteiger partial charge in [0.15, 0.2) is 0 Å². The van der Waals surface area contributed by atoms with Gasteiger partial charge in [0.2, 0.25) is 0 Å². The van der Waals surface area contributed by atoms with Gasteiger partial charge in [-0.3, -0.25) is 5.84 Å². The van der Waals surface area contributed by atoms with Crippen molar-refractivity contribution in [3.8, 4) is 0 Å². The molecule has 1 atom stereocenters. The highest BCUT2D eigenvalue weighted by Crippen LogP contribution is 2.25. The van der Waals surface area contributed by atoms with Crippen LogP contribution in [-0.4, -0.2) is 0 Å². The summed E-state index contributed by atoms with van der Waals surface area (Å²) in [5, 5.41) is 4.22. The van der Waals surface area contributed by atoms with Crippen molar-refractivity contribution in [1.29, 1.82) is 0 Å². The Hall–Kier alpha value is -0.640. The average molecular weight is 182 g/mol. The molecule has 2 nitrogen and oxygen atoms in total. The molecule has 1 rings (SSSR count). The highest BCUT2D eigenvalue weighted by atomic mass is 32.1. The number of nitrogens with two attached hydrogens (primary N) is 1. The molecule has 0 aliphatic carbocycles. The smallest absolute Gasteiger partial charge is 0.0675 e. The van der Waals surface area contributed by atoms with E-state index in [4.69, 9.17) is 5.84 Å². The summed E-state index contributed by atoms with van der Waals surface area (Å²) in [6, 6.07) is 0.0937. The standard InChI is InChI=1S/C9H14N2S/c1-6(2)9(11-10)8-5-12-4-7(8)3/h4-5,9,11H,1,10H2,2-3H3. The normalized spacial score (nSPS) is 12.9. The van der Waals surface area contributed by atoms with Gasteiger partial charge in [0.05, 0.1) is 6.04 Å². The van der Waals surface area contributed by atoms with E-state index in [9.17, 15) is 0 Å². The Morgan fingerprint density at radius 2 is 2.33 bits per heavy atom. The summed E-state index contributed by atoms with van der Waals surface area (Å²) in [5.41, 5.74) is 6.29. The number of hydrazine groups is 1. The van der Waals surface area contributed by atoms with Crippen molar-refractivity contribution >= 4 is 11.3 Å². The van der Waals surface area contributed by atoms with Gasteiger partial charge in [-0.05, 0) is 35.7 Å². The van der Waals surface area contributed by atoms with Crippen molar-refractivity contribution in [2.45, 2.75) is 19.9 Å². The van der Waals surface area contributed by atoms with Gasteiger partial charge >= 0.3 is 0 Å². The third-order valence-electron chi connectivity index (χ3n) is 1.87. The molecule has 1 heterocycles. The largest absolute Gasteiger partial charge is 0.271 e. The Labute approximate surface area is 77.1 Å². The number of nitrogens with one attached hydrogen (secondary N) is 1. The molecule has 3 heteroatoms. The number of thiophene rings is 1. The number of rotatable bonds is 3. The molecule has 1 aromatic heterocycles. The molecule has 0 aromatic carbocycles. The van der Waals surface area contributed by atoms with Crippen molar-refractivity contribution in [3.63, 3.8) is 0 Å². The highest BCUT2D eigenvalue weighted by molar-refractivity contribution is 7.08. The van der Waals surface area contributed by atoms with Gasteiger partial charge in [-0.25, -0.2) is 5.43 Å². The van der Waals surface area contributed by atoms with Crippen LogP contribution < -0.4 is 11.3 Å². The van der Waals surface area contributed by atoms with Crippen molar-refractivity contribution < 1.29 is 0 Å². The predicted octanol–water partition coefficient (Wildman–Crippen LogP) is 2.14. The van der Waals surface area contributed by atoms with E-state index in [0.29, 0.717) is 0 Å². The summed E-state index contributed by atoms with van der Waals surface area (Å²) in [7, 11) is 0. The molecular weight excluding hydrogens is 168 g/mol. The quantitative estimate of drug-likeness (QED) is 0.427. The van der Waals surface area contributed by atoms with Crippen LogP contribution >= 0.6 is 11.3 Å². The van der Waals surface area contributed by atoms with E-state index in [2.05, 4.69) is 29.7 Å². The fourth-order valence-corrected chi connectivity index (χ4v) is 2.04. The third kappa shape index (κ3) is 1.75. The lowest BCUT2D eigenvalue weighted by atomic mass is 10.0. The molecule has 12 heavy (non-hydrogen) atoms. The lowest BCUT2D eigenvalue weighted by Gasteiger charge is -2.15. The molecule has 0 radical (unpaired) electrons. The number of aryl methyl sites for hydroxylation is 1. The van der Waals surface area contributed by atoms with E-state index in [1.54, 1.807) is 11.3 Å². The van der Waals surface area contributed by atoms with E-state index in [0.717, 1.165) is 5.57 Å². The monoisotopic (exact) mass is 182 g/mol. The average Bonchev–Trinajstić information content (AvgIpc) is 2.38. The molecular formula is C9H14N2S. The molecule has 0 saturated heterocycles. The molecule has 0 aliphatic heterocycles. The van der Waals surface area contributed by atoms with Gasteiger partial charge < -0.3 is 0 Å². The Balaban J connectivity index is 2.94. The lowest BCUT2D eigenvalue weighted by molar-refractivity contribution is 0.626. The minimum atomic E-state index is 0.0937. The van der Waals surface area contributed by atoms with Crippen LogP contribution in [0.25, 0.3) is 0 Å². The van der Waals surface area contributed by atoms with E-state index in [-0.39, 0.29) is 6.04 Å². The zero-order chi connectivity index (χ0) is 9.14. The topological polar surface area (TPSA) is 38.0 Å². The summed E-state index contributed by atoms with van der Waals surface area (Å²) in [6.45, 7) is 7.94. The fraction of sp³-hybridized carbons (Fsp3) is 0.333. The molecule has 0 fully saturated rings. The van der Waals surface area contributed by atoms with Crippen LogP contribution in [0, 0.1) is 6.92 Å². The SMILES string of the molecule is C=C(C)C(NN)c1cscc1C. The van der Waals surface area contributed by atoms with Gasteiger partial charge in [0, 0.05) is 0 Å². The summed E-state index contributed by atoms with van der Waals surface area (Å²) < 4.78 is 0. The van der Waals surface area contributed by atoms with E-state index in [1.807, 2.05) is 6.92 Å². The molecule has 1 aromatic rings. The van der Waals surface area contributed by atoms with Gasteiger partial charge in [-0.2, -0.15) is 11.3 Å². The highest BCUT2D eigenvalue weighted by Gasteiger charge is 2.12. The molecule has 66 valence electrons. The van der Waals surface area contributed by atoms with Crippen LogP contribution in [0.3, 0.4) is 0 Å². The molecule has 0 spiro atoms. The van der Waals surface area contributed by atoms with E-state index in [1.165, 1.54) is 11.1 Å². The van der Waals surface area contributed by atoms with Crippen LogP contribution in [-0.2, 0) is 0 Å². The fourth-order valence-electron chi connectivity index (χ4n) is 1.16.